The minimum absolute atomic E-state index is 0.179. The summed E-state index contributed by atoms with van der Waals surface area (Å²) in [5.74, 6) is 1.39. The number of alkyl halides is 1. The molecule has 148 valence electrons. The zero-order valence-corrected chi connectivity index (χ0v) is 17.8. The van der Waals surface area contributed by atoms with Crippen LogP contribution in [0.15, 0.2) is 24.3 Å². The highest BCUT2D eigenvalue weighted by Gasteiger charge is 2.19. The van der Waals surface area contributed by atoms with Crippen molar-refractivity contribution < 1.29 is 9.47 Å². The predicted molar refractivity (Wildman–Crippen MR) is 112 cm³/mol. The Kier molecular flexibility index (Phi) is 8.36. The van der Waals surface area contributed by atoms with Crippen LogP contribution in [0.5, 0.6) is 11.6 Å². The highest BCUT2D eigenvalue weighted by atomic mass is 35.5. The van der Waals surface area contributed by atoms with Gasteiger partial charge in [-0.3, -0.25) is 0 Å². The third-order valence-corrected chi connectivity index (χ3v) is 4.54. The van der Waals surface area contributed by atoms with E-state index < -0.39 is 5.56 Å². The fraction of sp³-hybridized carbons (Fsp3) is 0.545. The van der Waals surface area contributed by atoms with Crippen molar-refractivity contribution in [1.82, 2.24) is 9.97 Å². The van der Waals surface area contributed by atoms with E-state index in [2.05, 4.69) is 27.7 Å². The third-order valence-electron chi connectivity index (χ3n) is 4.45. The largest absolute Gasteiger partial charge is 0.474 e. The second kappa shape index (κ2) is 10.5. The summed E-state index contributed by atoms with van der Waals surface area (Å²) < 4.78 is 12.0. The van der Waals surface area contributed by atoms with Gasteiger partial charge in [0.25, 0.3) is 0 Å². The van der Waals surface area contributed by atoms with Gasteiger partial charge in [0.15, 0.2) is 5.56 Å². The number of rotatable bonds is 10. The molecule has 0 aliphatic heterocycles. The van der Waals surface area contributed by atoms with Crippen LogP contribution in [0.1, 0.15) is 65.3 Å². The summed E-state index contributed by atoms with van der Waals surface area (Å²) in [5, 5.41) is 0. The van der Waals surface area contributed by atoms with Crippen LogP contribution in [-0.4, -0.2) is 21.6 Å². The lowest BCUT2D eigenvalue weighted by molar-refractivity contribution is 0.175. The molecule has 2 aromatic rings. The van der Waals surface area contributed by atoms with Gasteiger partial charge in [-0.05, 0) is 44.7 Å². The predicted octanol–water partition coefficient (Wildman–Crippen LogP) is 6.19. The Balaban J connectivity index is 2.50. The van der Waals surface area contributed by atoms with E-state index in [0.717, 1.165) is 60.5 Å². The van der Waals surface area contributed by atoms with E-state index in [4.69, 9.17) is 31.0 Å². The first-order chi connectivity index (χ1) is 13.0. The number of para-hydroxylation sites is 1. The SMILES string of the molecule is CCCC(CC)Oc1nc(CC)c(-c2ccccc2OC(C)Cl)nc1CC. The number of halogens is 1. The number of nitrogens with zero attached hydrogens (tertiary/aromatic N) is 2. The Hall–Kier alpha value is -1.81. The average molecular weight is 391 g/mol. The van der Waals surface area contributed by atoms with Crippen molar-refractivity contribution in [2.75, 3.05) is 0 Å². The van der Waals surface area contributed by atoms with Crippen LogP contribution in [0.25, 0.3) is 11.3 Å². The molecular weight excluding hydrogens is 360 g/mol. The molecular formula is C22H31ClN2O2. The van der Waals surface area contributed by atoms with Gasteiger partial charge >= 0.3 is 0 Å². The Bertz CT molecular complexity index is 734. The highest BCUT2D eigenvalue weighted by Crippen LogP contribution is 2.34. The van der Waals surface area contributed by atoms with E-state index in [-0.39, 0.29) is 6.10 Å². The van der Waals surface area contributed by atoms with Gasteiger partial charge < -0.3 is 9.47 Å². The first-order valence-corrected chi connectivity index (χ1v) is 10.4. The van der Waals surface area contributed by atoms with Crippen molar-refractivity contribution in [1.29, 1.82) is 0 Å². The lowest BCUT2D eigenvalue weighted by Gasteiger charge is -2.20. The van der Waals surface area contributed by atoms with E-state index in [1.807, 2.05) is 24.3 Å². The molecule has 0 fully saturated rings. The van der Waals surface area contributed by atoms with Crippen LogP contribution in [0.4, 0.5) is 0 Å². The summed E-state index contributed by atoms with van der Waals surface area (Å²) in [5.41, 5.74) is 3.13. The fourth-order valence-electron chi connectivity index (χ4n) is 3.04. The average Bonchev–Trinajstić information content (AvgIpc) is 2.67. The second-order valence-electron chi connectivity index (χ2n) is 6.57. The van der Waals surface area contributed by atoms with Gasteiger partial charge in [0, 0.05) is 5.56 Å². The quantitative estimate of drug-likeness (QED) is 0.453. The fourth-order valence-corrected chi connectivity index (χ4v) is 3.14. The molecule has 1 aromatic carbocycles. The van der Waals surface area contributed by atoms with Gasteiger partial charge in [0.05, 0.1) is 11.4 Å². The molecule has 0 N–H and O–H groups in total. The van der Waals surface area contributed by atoms with Gasteiger partial charge in [-0.1, -0.05) is 57.8 Å². The third kappa shape index (κ3) is 5.58. The molecule has 2 unspecified atom stereocenters. The van der Waals surface area contributed by atoms with E-state index in [1.165, 1.54) is 0 Å². The molecule has 4 nitrogen and oxygen atoms in total. The van der Waals surface area contributed by atoms with Gasteiger partial charge in [-0.15, -0.1) is 0 Å². The molecule has 0 saturated carbocycles. The Morgan fingerprint density at radius 3 is 2.26 bits per heavy atom. The maximum Gasteiger partial charge on any atom is 0.236 e. The molecule has 0 bridgehead atoms. The van der Waals surface area contributed by atoms with Gasteiger partial charge in [0.2, 0.25) is 5.88 Å². The smallest absolute Gasteiger partial charge is 0.236 e. The zero-order valence-electron chi connectivity index (χ0n) is 17.1. The van der Waals surface area contributed by atoms with Crippen molar-refractivity contribution in [3.05, 3.63) is 35.7 Å². The van der Waals surface area contributed by atoms with E-state index >= 15 is 0 Å². The van der Waals surface area contributed by atoms with Crippen LogP contribution in [0, 0.1) is 0 Å². The molecule has 27 heavy (non-hydrogen) atoms. The van der Waals surface area contributed by atoms with E-state index in [9.17, 15) is 0 Å². The highest BCUT2D eigenvalue weighted by molar-refractivity contribution is 6.19. The van der Waals surface area contributed by atoms with Crippen LogP contribution >= 0.6 is 11.6 Å². The molecule has 1 aromatic heterocycles. The number of hydrogen-bond acceptors (Lipinski definition) is 4. The summed E-state index contributed by atoms with van der Waals surface area (Å²) in [7, 11) is 0. The number of aryl methyl sites for hydroxylation is 2. The van der Waals surface area contributed by atoms with Crippen LogP contribution in [0.3, 0.4) is 0 Å². The van der Waals surface area contributed by atoms with Gasteiger partial charge in [0.1, 0.15) is 17.5 Å². The topological polar surface area (TPSA) is 44.2 Å². The van der Waals surface area contributed by atoms with Crippen molar-refractivity contribution in [3.63, 3.8) is 0 Å². The minimum Gasteiger partial charge on any atom is -0.474 e. The molecule has 0 radical (unpaired) electrons. The summed E-state index contributed by atoms with van der Waals surface area (Å²) in [6, 6.07) is 7.84. The minimum atomic E-state index is -0.420. The standard InChI is InChI=1S/C22H31ClN2O2/c1-6-12-16(7-2)27-22-19(9-4)24-21(18(8-3)25-22)17-13-10-11-14-20(17)26-15(5)23/h10-11,13-16H,6-9,12H2,1-5H3. The van der Waals surface area contributed by atoms with Gasteiger partial charge in [-0.25, -0.2) is 9.97 Å². The maximum atomic E-state index is 6.23. The summed E-state index contributed by atoms with van der Waals surface area (Å²) in [4.78, 5) is 9.79. The van der Waals surface area contributed by atoms with Crippen molar-refractivity contribution in [2.24, 2.45) is 0 Å². The Morgan fingerprint density at radius 2 is 1.67 bits per heavy atom. The molecule has 1 heterocycles. The Morgan fingerprint density at radius 1 is 0.963 bits per heavy atom. The number of aromatic nitrogens is 2. The maximum absolute atomic E-state index is 6.23. The summed E-state index contributed by atoms with van der Waals surface area (Å²) in [6.45, 7) is 10.3. The number of hydrogen-bond donors (Lipinski definition) is 0. The molecule has 0 amide bonds. The number of ether oxygens (including phenoxy) is 2. The summed E-state index contributed by atoms with van der Waals surface area (Å²) in [6.07, 6.45) is 4.78. The summed E-state index contributed by atoms with van der Waals surface area (Å²) >= 11 is 6.05. The van der Waals surface area contributed by atoms with Crippen molar-refractivity contribution >= 4 is 11.6 Å². The molecule has 0 aliphatic rings. The second-order valence-corrected chi connectivity index (χ2v) is 7.19. The van der Waals surface area contributed by atoms with Crippen LogP contribution in [-0.2, 0) is 12.8 Å². The lowest BCUT2D eigenvalue weighted by Crippen LogP contribution is -2.18. The Labute approximate surface area is 168 Å². The van der Waals surface area contributed by atoms with Crippen molar-refractivity contribution in [3.8, 4) is 22.9 Å². The molecule has 2 rings (SSSR count). The van der Waals surface area contributed by atoms with E-state index in [0.29, 0.717) is 5.88 Å². The van der Waals surface area contributed by atoms with E-state index in [1.54, 1.807) is 6.92 Å². The molecule has 0 saturated heterocycles. The number of benzene rings is 1. The zero-order chi connectivity index (χ0) is 19.8. The molecule has 5 heteroatoms. The molecule has 0 spiro atoms. The first kappa shape index (κ1) is 21.5. The van der Waals surface area contributed by atoms with Gasteiger partial charge in [-0.2, -0.15) is 0 Å². The molecule has 0 aliphatic carbocycles. The normalized spacial score (nSPS) is 13.3. The van der Waals surface area contributed by atoms with Crippen LogP contribution in [0.2, 0.25) is 0 Å². The van der Waals surface area contributed by atoms with Crippen molar-refractivity contribution in [2.45, 2.75) is 78.4 Å². The first-order valence-electron chi connectivity index (χ1n) is 10.00. The molecule has 2 atom stereocenters. The lowest BCUT2D eigenvalue weighted by atomic mass is 10.1. The monoisotopic (exact) mass is 390 g/mol. The van der Waals surface area contributed by atoms with Crippen LogP contribution < -0.4 is 9.47 Å².